The van der Waals surface area contributed by atoms with Gasteiger partial charge in [0.05, 0.1) is 6.04 Å². The van der Waals surface area contributed by atoms with E-state index in [0.29, 0.717) is 17.5 Å². The van der Waals surface area contributed by atoms with E-state index in [1.54, 1.807) is 6.07 Å². The van der Waals surface area contributed by atoms with Crippen LogP contribution in [0.1, 0.15) is 48.9 Å². The molecule has 2 amide bonds. The summed E-state index contributed by atoms with van der Waals surface area (Å²) in [6.07, 6.45) is 2.23. The van der Waals surface area contributed by atoms with Crippen molar-refractivity contribution in [2.24, 2.45) is 5.92 Å². The quantitative estimate of drug-likeness (QED) is 0.847. The molecule has 27 heavy (non-hydrogen) atoms. The SMILES string of the molecule is CC(=O)Nc1ccc(N2CC(C)C(NC(=O)c3cc(C4CC4)on3)C2)cc1. The molecule has 2 unspecified atom stereocenters. The van der Waals surface area contributed by atoms with Gasteiger partial charge < -0.3 is 20.1 Å². The number of carbonyl (C=O) groups is 2. The average molecular weight is 368 g/mol. The van der Waals surface area contributed by atoms with Gasteiger partial charge in [-0.25, -0.2) is 0 Å². The van der Waals surface area contributed by atoms with Crippen molar-refractivity contribution in [1.29, 1.82) is 0 Å². The first-order chi connectivity index (χ1) is 13.0. The molecule has 1 aromatic carbocycles. The average Bonchev–Trinajstić information content (AvgIpc) is 3.25. The summed E-state index contributed by atoms with van der Waals surface area (Å²) < 4.78 is 5.28. The standard InChI is InChI=1S/C20H24N4O3/c1-12-10-24(16-7-5-15(6-8-16)21-13(2)25)11-18(12)22-20(26)17-9-19(27-23-17)14-3-4-14/h5-9,12,14,18H,3-4,10-11H2,1-2H3,(H,21,25)(H,22,26). The van der Waals surface area contributed by atoms with Gasteiger partial charge in [0.1, 0.15) is 5.76 Å². The van der Waals surface area contributed by atoms with Crippen LogP contribution in [0.4, 0.5) is 11.4 Å². The highest BCUT2D eigenvalue weighted by Gasteiger charge is 2.33. The van der Waals surface area contributed by atoms with E-state index in [1.165, 1.54) is 6.92 Å². The Morgan fingerprint density at radius 1 is 1.19 bits per heavy atom. The molecule has 142 valence electrons. The molecule has 2 aliphatic rings. The fourth-order valence-electron chi connectivity index (χ4n) is 3.52. The monoisotopic (exact) mass is 368 g/mol. The van der Waals surface area contributed by atoms with Gasteiger partial charge >= 0.3 is 0 Å². The third-order valence-electron chi connectivity index (χ3n) is 5.22. The van der Waals surface area contributed by atoms with E-state index in [1.807, 2.05) is 24.3 Å². The second-order valence-electron chi connectivity index (χ2n) is 7.58. The summed E-state index contributed by atoms with van der Waals surface area (Å²) >= 11 is 0. The van der Waals surface area contributed by atoms with E-state index in [9.17, 15) is 9.59 Å². The van der Waals surface area contributed by atoms with Gasteiger partial charge in [-0.2, -0.15) is 0 Å². The number of aromatic nitrogens is 1. The predicted molar refractivity (Wildman–Crippen MR) is 102 cm³/mol. The van der Waals surface area contributed by atoms with Crippen LogP contribution >= 0.6 is 0 Å². The van der Waals surface area contributed by atoms with Crippen LogP contribution in [-0.4, -0.2) is 36.1 Å². The first-order valence-corrected chi connectivity index (χ1v) is 9.39. The van der Waals surface area contributed by atoms with Crippen molar-refractivity contribution < 1.29 is 14.1 Å². The lowest BCUT2D eigenvalue weighted by Gasteiger charge is -2.19. The van der Waals surface area contributed by atoms with E-state index < -0.39 is 0 Å². The van der Waals surface area contributed by atoms with E-state index in [-0.39, 0.29) is 17.9 Å². The summed E-state index contributed by atoms with van der Waals surface area (Å²) in [4.78, 5) is 25.9. The molecule has 1 saturated carbocycles. The van der Waals surface area contributed by atoms with Gasteiger partial charge in [-0.1, -0.05) is 12.1 Å². The van der Waals surface area contributed by atoms with Crippen LogP contribution < -0.4 is 15.5 Å². The minimum Gasteiger partial charge on any atom is -0.369 e. The number of hydrogen-bond donors (Lipinski definition) is 2. The first kappa shape index (κ1) is 17.6. The summed E-state index contributed by atoms with van der Waals surface area (Å²) in [5, 5.41) is 9.78. The van der Waals surface area contributed by atoms with E-state index >= 15 is 0 Å². The van der Waals surface area contributed by atoms with Crippen molar-refractivity contribution in [2.45, 2.75) is 38.6 Å². The maximum atomic E-state index is 12.5. The van der Waals surface area contributed by atoms with Gasteiger partial charge in [0, 0.05) is 43.4 Å². The predicted octanol–water partition coefficient (Wildman–Crippen LogP) is 2.77. The van der Waals surface area contributed by atoms with Crippen LogP contribution in [0, 0.1) is 5.92 Å². The van der Waals surface area contributed by atoms with Crippen molar-refractivity contribution in [3.63, 3.8) is 0 Å². The van der Waals surface area contributed by atoms with Gasteiger partial charge in [-0.05, 0) is 43.0 Å². The lowest BCUT2D eigenvalue weighted by Crippen LogP contribution is -2.40. The highest BCUT2D eigenvalue weighted by atomic mass is 16.5. The van der Waals surface area contributed by atoms with E-state index in [0.717, 1.165) is 43.1 Å². The Balaban J connectivity index is 1.37. The molecule has 0 spiro atoms. The van der Waals surface area contributed by atoms with E-state index in [2.05, 4.69) is 27.6 Å². The maximum absolute atomic E-state index is 12.5. The molecule has 7 heteroatoms. The Morgan fingerprint density at radius 2 is 1.93 bits per heavy atom. The fourth-order valence-corrected chi connectivity index (χ4v) is 3.52. The van der Waals surface area contributed by atoms with Crippen LogP contribution in [0.3, 0.4) is 0 Å². The molecule has 0 radical (unpaired) electrons. The number of hydrogen-bond acceptors (Lipinski definition) is 5. The summed E-state index contributed by atoms with van der Waals surface area (Å²) in [7, 11) is 0. The molecule has 4 rings (SSSR count). The van der Waals surface area contributed by atoms with Gasteiger partial charge in [0.15, 0.2) is 5.69 Å². The van der Waals surface area contributed by atoms with Crippen molar-refractivity contribution in [2.75, 3.05) is 23.3 Å². The van der Waals surface area contributed by atoms with Crippen LogP contribution in [0.15, 0.2) is 34.9 Å². The molecular formula is C20H24N4O3. The molecule has 7 nitrogen and oxygen atoms in total. The lowest BCUT2D eigenvalue weighted by atomic mass is 10.1. The molecule has 2 N–H and O–H groups in total. The lowest BCUT2D eigenvalue weighted by molar-refractivity contribution is -0.114. The molecule has 2 aromatic rings. The Labute approximate surface area is 158 Å². The molecule has 1 aliphatic carbocycles. The minimum absolute atomic E-state index is 0.0496. The molecule has 2 fully saturated rings. The number of rotatable bonds is 5. The number of nitrogens with one attached hydrogen (secondary N) is 2. The topological polar surface area (TPSA) is 87.5 Å². The molecule has 0 bridgehead atoms. The van der Waals surface area contributed by atoms with Gasteiger partial charge in [0.2, 0.25) is 5.91 Å². The number of amides is 2. The normalized spacial score (nSPS) is 21.9. The number of benzene rings is 1. The second kappa shape index (κ2) is 7.06. The zero-order chi connectivity index (χ0) is 19.0. The third kappa shape index (κ3) is 3.97. The maximum Gasteiger partial charge on any atom is 0.273 e. The van der Waals surface area contributed by atoms with Gasteiger partial charge in [0.25, 0.3) is 5.91 Å². The zero-order valence-corrected chi connectivity index (χ0v) is 15.6. The van der Waals surface area contributed by atoms with Crippen molar-refractivity contribution >= 4 is 23.2 Å². The van der Waals surface area contributed by atoms with Crippen LogP contribution in [0.2, 0.25) is 0 Å². The Morgan fingerprint density at radius 3 is 2.59 bits per heavy atom. The fraction of sp³-hybridized carbons (Fsp3) is 0.450. The molecule has 2 heterocycles. The van der Waals surface area contributed by atoms with E-state index in [4.69, 9.17) is 4.52 Å². The van der Waals surface area contributed by atoms with Gasteiger partial charge in [-0.15, -0.1) is 0 Å². The summed E-state index contributed by atoms with van der Waals surface area (Å²) in [6.45, 7) is 5.22. The van der Waals surface area contributed by atoms with Crippen LogP contribution in [0.5, 0.6) is 0 Å². The largest absolute Gasteiger partial charge is 0.369 e. The van der Waals surface area contributed by atoms with Gasteiger partial charge in [-0.3, -0.25) is 9.59 Å². The minimum atomic E-state index is -0.176. The van der Waals surface area contributed by atoms with Crippen molar-refractivity contribution in [1.82, 2.24) is 10.5 Å². The Bertz CT molecular complexity index is 841. The Hall–Kier alpha value is -2.83. The number of nitrogens with zero attached hydrogens (tertiary/aromatic N) is 2. The highest BCUT2D eigenvalue weighted by molar-refractivity contribution is 5.92. The summed E-state index contributed by atoms with van der Waals surface area (Å²) in [5.41, 5.74) is 2.22. The van der Waals surface area contributed by atoms with Crippen molar-refractivity contribution in [3.8, 4) is 0 Å². The zero-order valence-electron chi connectivity index (χ0n) is 15.6. The summed E-state index contributed by atoms with van der Waals surface area (Å²) in [5.74, 6) is 1.32. The third-order valence-corrected chi connectivity index (χ3v) is 5.22. The Kier molecular flexibility index (Phi) is 4.59. The van der Waals surface area contributed by atoms with Crippen LogP contribution in [-0.2, 0) is 4.79 Å². The summed E-state index contributed by atoms with van der Waals surface area (Å²) in [6, 6.07) is 9.58. The van der Waals surface area contributed by atoms with Crippen LogP contribution in [0.25, 0.3) is 0 Å². The van der Waals surface area contributed by atoms with Crippen molar-refractivity contribution in [3.05, 3.63) is 41.8 Å². The molecule has 1 aliphatic heterocycles. The molecule has 1 aromatic heterocycles. The second-order valence-corrected chi connectivity index (χ2v) is 7.58. The first-order valence-electron chi connectivity index (χ1n) is 9.39. The number of carbonyl (C=O) groups excluding carboxylic acids is 2. The molecule has 2 atom stereocenters. The smallest absolute Gasteiger partial charge is 0.273 e. The number of anilines is 2. The highest BCUT2D eigenvalue weighted by Crippen LogP contribution is 2.40. The molecular weight excluding hydrogens is 344 g/mol. The molecule has 1 saturated heterocycles.